The van der Waals surface area contributed by atoms with Gasteiger partial charge in [-0.15, -0.1) is 0 Å². The quantitative estimate of drug-likeness (QED) is 0.680. The highest BCUT2D eigenvalue weighted by Crippen LogP contribution is 2.06. The van der Waals surface area contributed by atoms with Crippen LogP contribution in [0.2, 0.25) is 0 Å². The number of nitrogen functional groups attached to an aromatic ring is 1. The van der Waals surface area contributed by atoms with Gasteiger partial charge >= 0.3 is 5.97 Å². The first-order valence-corrected chi connectivity index (χ1v) is 4.30. The number of amides is 1. The fourth-order valence-electron chi connectivity index (χ4n) is 1.07. The Bertz CT molecular complexity index is 372. The Balaban J connectivity index is 2.64. The van der Waals surface area contributed by atoms with Gasteiger partial charge in [0.15, 0.2) is 0 Å². The summed E-state index contributed by atoms with van der Waals surface area (Å²) in [6, 6.07) is 1.51. The topological polar surface area (TPSA) is 88.4 Å². The summed E-state index contributed by atoms with van der Waals surface area (Å²) in [4.78, 5) is 26.5. The normalized spacial score (nSPS) is 9.73. The van der Waals surface area contributed by atoms with E-state index in [2.05, 4.69) is 9.72 Å². The number of ether oxygens (including phenoxy) is 1. The minimum Gasteiger partial charge on any atom is -0.468 e. The van der Waals surface area contributed by atoms with Gasteiger partial charge in [0, 0.05) is 18.9 Å². The van der Waals surface area contributed by atoms with Crippen LogP contribution < -0.4 is 5.73 Å². The number of nitrogens with one attached hydrogen (secondary N) is 1. The Hall–Kier alpha value is -1.98. The van der Waals surface area contributed by atoms with Crippen molar-refractivity contribution in [1.82, 2.24) is 9.88 Å². The van der Waals surface area contributed by atoms with Crippen LogP contribution in [0.4, 0.5) is 5.69 Å². The Kier molecular flexibility index (Phi) is 3.33. The summed E-state index contributed by atoms with van der Waals surface area (Å²) >= 11 is 0. The van der Waals surface area contributed by atoms with Crippen LogP contribution in [0.1, 0.15) is 10.5 Å². The van der Waals surface area contributed by atoms with Gasteiger partial charge in [-0.2, -0.15) is 0 Å². The molecule has 1 rings (SSSR count). The van der Waals surface area contributed by atoms with E-state index in [4.69, 9.17) is 5.73 Å². The molecule has 3 N–H and O–H groups in total. The third kappa shape index (κ3) is 2.73. The summed E-state index contributed by atoms with van der Waals surface area (Å²) in [7, 11) is 2.78. The van der Waals surface area contributed by atoms with Crippen molar-refractivity contribution in [2.45, 2.75) is 0 Å². The molecule has 0 saturated carbocycles. The maximum atomic E-state index is 11.6. The van der Waals surface area contributed by atoms with Gasteiger partial charge in [0.05, 0.1) is 7.11 Å². The number of hydrogen-bond acceptors (Lipinski definition) is 4. The second kappa shape index (κ2) is 4.50. The van der Waals surface area contributed by atoms with E-state index in [9.17, 15) is 9.59 Å². The molecule has 0 aliphatic carbocycles. The molecule has 0 radical (unpaired) electrons. The van der Waals surface area contributed by atoms with Crippen LogP contribution >= 0.6 is 0 Å². The number of carbonyl (C=O) groups excluding carboxylic acids is 2. The van der Waals surface area contributed by atoms with Gasteiger partial charge in [0.2, 0.25) is 0 Å². The minimum atomic E-state index is -0.467. The van der Waals surface area contributed by atoms with Crippen molar-refractivity contribution in [3.63, 3.8) is 0 Å². The maximum Gasteiger partial charge on any atom is 0.325 e. The molecule has 6 nitrogen and oxygen atoms in total. The highest BCUT2D eigenvalue weighted by molar-refractivity contribution is 5.95. The van der Waals surface area contributed by atoms with Crippen LogP contribution in [0.3, 0.4) is 0 Å². The zero-order valence-corrected chi connectivity index (χ0v) is 8.61. The fraction of sp³-hybridized carbons (Fsp3) is 0.333. The summed E-state index contributed by atoms with van der Waals surface area (Å²) in [5.74, 6) is -0.775. The van der Waals surface area contributed by atoms with Crippen LogP contribution in [0.15, 0.2) is 12.3 Å². The van der Waals surface area contributed by atoms with Gasteiger partial charge in [-0.05, 0) is 6.07 Å². The summed E-state index contributed by atoms with van der Waals surface area (Å²) in [5, 5.41) is 0. The predicted octanol–water partition coefficient (Wildman–Crippen LogP) is -0.158. The van der Waals surface area contributed by atoms with Crippen molar-refractivity contribution >= 4 is 17.6 Å². The van der Waals surface area contributed by atoms with Crippen molar-refractivity contribution in [1.29, 1.82) is 0 Å². The zero-order chi connectivity index (χ0) is 11.4. The molecular formula is C9H13N3O3. The van der Waals surface area contributed by atoms with Crippen molar-refractivity contribution in [3.05, 3.63) is 18.0 Å². The second-order valence-corrected chi connectivity index (χ2v) is 3.08. The van der Waals surface area contributed by atoms with Gasteiger partial charge in [-0.25, -0.2) is 0 Å². The van der Waals surface area contributed by atoms with E-state index < -0.39 is 5.97 Å². The molecule has 1 aromatic heterocycles. The minimum absolute atomic E-state index is 0.0890. The molecular weight excluding hydrogens is 198 g/mol. The van der Waals surface area contributed by atoms with E-state index in [1.54, 1.807) is 0 Å². The molecule has 6 heteroatoms. The Morgan fingerprint density at radius 1 is 1.60 bits per heavy atom. The third-order valence-corrected chi connectivity index (χ3v) is 1.88. The summed E-state index contributed by atoms with van der Waals surface area (Å²) in [6.45, 7) is -0.0890. The van der Waals surface area contributed by atoms with Crippen molar-refractivity contribution in [2.24, 2.45) is 0 Å². The first-order valence-electron chi connectivity index (χ1n) is 4.30. The number of likely N-dealkylation sites (N-methyl/N-ethyl adjacent to an activating group) is 1. The van der Waals surface area contributed by atoms with E-state index in [0.717, 1.165) is 0 Å². The third-order valence-electron chi connectivity index (χ3n) is 1.88. The first kappa shape index (κ1) is 11.1. The lowest BCUT2D eigenvalue weighted by Gasteiger charge is -2.14. The number of methoxy groups -OCH3 is 1. The van der Waals surface area contributed by atoms with Crippen molar-refractivity contribution in [3.8, 4) is 0 Å². The molecule has 0 aliphatic heterocycles. The molecule has 0 fully saturated rings. The smallest absolute Gasteiger partial charge is 0.325 e. The lowest BCUT2D eigenvalue weighted by Crippen LogP contribution is -2.32. The maximum absolute atomic E-state index is 11.6. The summed E-state index contributed by atoms with van der Waals surface area (Å²) in [5.41, 5.74) is 6.27. The molecule has 1 heterocycles. The number of carbonyl (C=O) groups is 2. The number of rotatable bonds is 3. The number of anilines is 1. The number of nitrogens with two attached hydrogens (primary N) is 1. The molecule has 0 atom stereocenters. The average molecular weight is 211 g/mol. The van der Waals surface area contributed by atoms with Crippen LogP contribution in [0.5, 0.6) is 0 Å². The van der Waals surface area contributed by atoms with Gasteiger partial charge in [0.25, 0.3) is 5.91 Å². The zero-order valence-electron chi connectivity index (χ0n) is 8.61. The summed E-state index contributed by atoms with van der Waals surface area (Å²) in [6.07, 6.45) is 1.51. The van der Waals surface area contributed by atoms with Gasteiger partial charge < -0.3 is 20.4 Å². The molecule has 82 valence electrons. The standard InChI is InChI=1S/C9H13N3O3/c1-12(5-8(13)15-2)9(14)7-3-6(10)4-11-7/h3-4,11H,5,10H2,1-2H3. The van der Waals surface area contributed by atoms with Crippen LogP contribution in [-0.4, -0.2) is 42.5 Å². The number of aromatic amines is 1. The van der Waals surface area contributed by atoms with E-state index in [-0.39, 0.29) is 12.5 Å². The average Bonchev–Trinajstić information content (AvgIpc) is 2.63. The number of nitrogens with zero attached hydrogens (tertiary/aromatic N) is 1. The van der Waals surface area contributed by atoms with Gasteiger partial charge in [-0.3, -0.25) is 9.59 Å². The Morgan fingerprint density at radius 3 is 2.73 bits per heavy atom. The summed E-state index contributed by atoms with van der Waals surface area (Å²) < 4.78 is 4.44. The second-order valence-electron chi connectivity index (χ2n) is 3.08. The highest BCUT2D eigenvalue weighted by Gasteiger charge is 2.16. The van der Waals surface area contributed by atoms with Crippen molar-refractivity contribution in [2.75, 3.05) is 26.4 Å². The first-order chi connectivity index (χ1) is 7.04. The number of hydrogen-bond donors (Lipinski definition) is 2. The molecule has 0 aromatic carbocycles. The molecule has 0 unspecified atom stereocenters. The van der Waals surface area contributed by atoms with Crippen LogP contribution in [-0.2, 0) is 9.53 Å². The van der Waals surface area contributed by atoms with E-state index in [1.165, 1.54) is 31.3 Å². The molecule has 0 aliphatic rings. The number of H-pyrrole nitrogens is 1. The van der Waals surface area contributed by atoms with Crippen LogP contribution in [0, 0.1) is 0 Å². The van der Waals surface area contributed by atoms with Crippen LogP contribution in [0.25, 0.3) is 0 Å². The van der Waals surface area contributed by atoms with Gasteiger partial charge in [-0.1, -0.05) is 0 Å². The number of aromatic nitrogens is 1. The monoisotopic (exact) mass is 211 g/mol. The highest BCUT2D eigenvalue weighted by atomic mass is 16.5. The lowest BCUT2D eigenvalue weighted by atomic mass is 10.3. The van der Waals surface area contributed by atoms with E-state index >= 15 is 0 Å². The number of esters is 1. The SMILES string of the molecule is COC(=O)CN(C)C(=O)c1cc(N)c[nH]1. The molecule has 0 bridgehead atoms. The largest absolute Gasteiger partial charge is 0.468 e. The molecule has 0 saturated heterocycles. The molecule has 0 spiro atoms. The molecule has 15 heavy (non-hydrogen) atoms. The van der Waals surface area contributed by atoms with E-state index in [1.807, 2.05) is 0 Å². The Labute approximate surface area is 87.0 Å². The predicted molar refractivity (Wildman–Crippen MR) is 54.2 cm³/mol. The van der Waals surface area contributed by atoms with Gasteiger partial charge in [0.1, 0.15) is 12.2 Å². The van der Waals surface area contributed by atoms with Crippen molar-refractivity contribution < 1.29 is 14.3 Å². The van der Waals surface area contributed by atoms with E-state index in [0.29, 0.717) is 11.4 Å². The fourth-order valence-corrected chi connectivity index (χ4v) is 1.07. The molecule has 1 aromatic rings. The molecule has 1 amide bonds. The lowest BCUT2D eigenvalue weighted by molar-refractivity contribution is -0.141. The Morgan fingerprint density at radius 2 is 2.27 bits per heavy atom.